The minimum Gasteiger partial charge on any atom is -0.497 e. The number of nitrogens with zero attached hydrogens (tertiary/aromatic N) is 1. The zero-order chi connectivity index (χ0) is 13.8. The normalized spacial score (nSPS) is 22.4. The molecule has 0 fully saturated rings. The van der Waals surface area contributed by atoms with Crippen LogP contribution in [0.15, 0.2) is 23.2 Å². The number of benzene rings is 1. The van der Waals surface area contributed by atoms with E-state index in [1.54, 1.807) is 14.2 Å². The van der Waals surface area contributed by atoms with E-state index in [-0.39, 0.29) is 17.6 Å². The summed E-state index contributed by atoms with van der Waals surface area (Å²) in [5, 5.41) is 0. The van der Waals surface area contributed by atoms with Crippen molar-refractivity contribution in [3.63, 3.8) is 0 Å². The van der Waals surface area contributed by atoms with Crippen molar-refractivity contribution < 1.29 is 14.3 Å². The van der Waals surface area contributed by atoms with Crippen LogP contribution in [0.25, 0.3) is 0 Å². The Balaban J connectivity index is 2.23. The third-order valence-corrected chi connectivity index (χ3v) is 3.60. The maximum atomic E-state index is 11.9. The van der Waals surface area contributed by atoms with Crippen LogP contribution in [0.1, 0.15) is 12.5 Å². The Morgan fingerprint density at radius 3 is 2.74 bits per heavy atom. The van der Waals surface area contributed by atoms with Gasteiger partial charge in [-0.1, -0.05) is 13.0 Å². The van der Waals surface area contributed by atoms with Crippen molar-refractivity contribution in [1.29, 1.82) is 0 Å². The van der Waals surface area contributed by atoms with Crippen molar-refractivity contribution in [1.82, 2.24) is 0 Å². The first kappa shape index (κ1) is 13.6. The standard InChI is InChI=1S/C15H19NO3/c1-10-8-16-9-14(17)13(10)6-11-4-5-12(18-2)7-15(11)19-3/h4-5,7,9-10,13H,6,8H2,1-3H3/t10-,13?/m1/s1. The van der Waals surface area contributed by atoms with Gasteiger partial charge in [-0.3, -0.25) is 9.79 Å². The summed E-state index contributed by atoms with van der Waals surface area (Å²) in [6.45, 7) is 2.78. The van der Waals surface area contributed by atoms with Gasteiger partial charge in [0.05, 0.1) is 20.4 Å². The fourth-order valence-corrected chi connectivity index (χ4v) is 2.37. The summed E-state index contributed by atoms with van der Waals surface area (Å²) >= 11 is 0. The van der Waals surface area contributed by atoms with E-state index >= 15 is 0 Å². The SMILES string of the molecule is COc1ccc(CC2C(=O)C=NC[C@H]2C)c(OC)c1. The maximum absolute atomic E-state index is 11.9. The second-order valence-electron chi connectivity index (χ2n) is 4.86. The lowest BCUT2D eigenvalue weighted by Gasteiger charge is -2.24. The molecule has 19 heavy (non-hydrogen) atoms. The molecule has 1 aliphatic heterocycles. The number of carbonyl (C=O) groups excluding carboxylic acids is 1. The summed E-state index contributed by atoms with van der Waals surface area (Å²) in [5.41, 5.74) is 1.03. The summed E-state index contributed by atoms with van der Waals surface area (Å²) in [4.78, 5) is 16.0. The van der Waals surface area contributed by atoms with Crippen molar-refractivity contribution in [3.05, 3.63) is 23.8 Å². The summed E-state index contributed by atoms with van der Waals surface area (Å²) in [7, 11) is 3.25. The Morgan fingerprint density at radius 1 is 1.32 bits per heavy atom. The number of rotatable bonds is 4. The van der Waals surface area contributed by atoms with E-state index in [4.69, 9.17) is 9.47 Å². The molecule has 4 nitrogen and oxygen atoms in total. The molecule has 1 aromatic rings. The largest absolute Gasteiger partial charge is 0.497 e. The Hall–Kier alpha value is -1.84. The molecular weight excluding hydrogens is 242 g/mol. The lowest BCUT2D eigenvalue weighted by molar-refractivity contribution is -0.117. The van der Waals surface area contributed by atoms with Gasteiger partial charge in [0, 0.05) is 18.5 Å². The molecule has 0 radical (unpaired) electrons. The van der Waals surface area contributed by atoms with E-state index in [0.29, 0.717) is 6.42 Å². The number of hydrogen-bond donors (Lipinski definition) is 0. The quantitative estimate of drug-likeness (QED) is 0.834. The Bertz CT molecular complexity index is 496. The molecule has 0 N–H and O–H groups in total. The number of ether oxygens (including phenoxy) is 2. The summed E-state index contributed by atoms with van der Waals surface area (Å²) in [5.74, 6) is 1.88. The van der Waals surface area contributed by atoms with Crippen LogP contribution >= 0.6 is 0 Å². The highest BCUT2D eigenvalue weighted by Gasteiger charge is 2.27. The van der Waals surface area contributed by atoms with Crippen molar-refractivity contribution in [2.75, 3.05) is 20.8 Å². The first-order valence-corrected chi connectivity index (χ1v) is 6.40. The topological polar surface area (TPSA) is 47.9 Å². The molecule has 0 spiro atoms. The fourth-order valence-electron chi connectivity index (χ4n) is 2.37. The molecule has 0 aromatic heterocycles. The summed E-state index contributed by atoms with van der Waals surface area (Å²) in [6, 6.07) is 5.70. The van der Waals surface area contributed by atoms with E-state index in [9.17, 15) is 4.79 Å². The average Bonchev–Trinajstić information content (AvgIpc) is 2.43. The van der Waals surface area contributed by atoms with Gasteiger partial charge in [0.2, 0.25) is 0 Å². The van der Waals surface area contributed by atoms with Crippen LogP contribution in [-0.4, -0.2) is 32.8 Å². The molecule has 1 aliphatic rings. The predicted molar refractivity (Wildman–Crippen MR) is 74.3 cm³/mol. The molecule has 1 aromatic carbocycles. The molecule has 0 saturated carbocycles. The number of methoxy groups -OCH3 is 2. The maximum Gasteiger partial charge on any atom is 0.177 e. The van der Waals surface area contributed by atoms with Crippen molar-refractivity contribution >= 4 is 12.0 Å². The van der Waals surface area contributed by atoms with Crippen LogP contribution in [0.5, 0.6) is 11.5 Å². The molecule has 0 bridgehead atoms. The number of Topliss-reactive ketones (excluding diaryl/α,β-unsaturated/α-hetero) is 1. The highest BCUT2D eigenvalue weighted by Crippen LogP contribution is 2.29. The van der Waals surface area contributed by atoms with Gasteiger partial charge >= 0.3 is 0 Å². The molecule has 2 rings (SSSR count). The van der Waals surface area contributed by atoms with Gasteiger partial charge < -0.3 is 9.47 Å². The highest BCUT2D eigenvalue weighted by molar-refractivity contribution is 6.29. The van der Waals surface area contributed by atoms with Crippen molar-refractivity contribution in [3.8, 4) is 11.5 Å². The second kappa shape index (κ2) is 5.87. The zero-order valence-corrected chi connectivity index (χ0v) is 11.6. The van der Waals surface area contributed by atoms with Crippen molar-refractivity contribution in [2.24, 2.45) is 16.8 Å². The Labute approximate surface area is 113 Å². The third kappa shape index (κ3) is 2.95. The second-order valence-corrected chi connectivity index (χ2v) is 4.86. The third-order valence-electron chi connectivity index (χ3n) is 3.60. The van der Waals surface area contributed by atoms with Gasteiger partial charge in [-0.25, -0.2) is 0 Å². The molecule has 2 atom stereocenters. The minimum atomic E-state index is -0.0141. The first-order chi connectivity index (χ1) is 9.15. The number of aliphatic imine (C=N–C) groups is 1. The van der Waals surface area contributed by atoms with Crippen molar-refractivity contribution in [2.45, 2.75) is 13.3 Å². The van der Waals surface area contributed by atoms with Gasteiger partial charge in [-0.05, 0) is 24.0 Å². The van der Waals surface area contributed by atoms with E-state index in [1.807, 2.05) is 18.2 Å². The van der Waals surface area contributed by atoms with Gasteiger partial charge in [-0.2, -0.15) is 0 Å². The average molecular weight is 261 g/mol. The van der Waals surface area contributed by atoms with Crippen LogP contribution in [-0.2, 0) is 11.2 Å². The fraction of sp³-hybridized carbons (Fsp3) is 0.467. The van der Waals surface area contributed by atoms with E-state index in [1.165, 1.54) is 6.21 Å². The van der Waals surface area contributed by atoms with Crippen LogP contribution in [0.2, 0.25) is 0 Å². The molecule has 102 valence electrons. The number of hydrogen-bond acceptors (Lipinski definition) is 4. The zero-order valence-electron chi connectivity index (χ0n) is 11.6. The molecule has 0 amide bonds. The molecule has 1 heterocycles. The highest BCUT2D eigenvalue weighted by atomic mass is 16.5. The molecule has 0 aliphatic carbocycles. The first-order valence-electron chi connectivity index (χ1n) is 6.40. The van der Waals surface area contributed by atoms with Crippen LogP contribution in [0.3, 0.4) is 0 Å². The monoisotopic (exact) mass is 261 g/mol. The van der Waals surface area contributed by atoms with Gasteiger partial charge in [0.15, 0.2) is 5.78 Å². The molecule has 0 saturated heterocycles. The number of carbonyl (C=O) groups is 1. The predicted octanol–water partition coefficient (Wildman–Crippen LogP) is 2.15. The summed E-state index contributed by atoms with van der Waals surface area (Å²) < 4.78 is 10.6. The van der Waals surface area contributed by atoms with Crippen LogP contribution < -0.4 is 9.47 Å². The lowest BCUT2D eigenvalue weighted by Crippen LogP contribution is -2.30. The van der Waals surface area contributed by atoms with E-state index in [2.05, 4.69) is 11.9 Å². The van der Waals surface area contributed by atoms with Crippen LogP contribution in [0.4, 0.5) is 0 Å². The lowest BCUT2D eigenvalue weighted by atomic mass is 9.83. The van der Waals surface area contributed by atoms with Gasteiger partial charge in [0.1, 0.15) is 11.5 Å². The molecular formula is C15H19NO3. The minimum absolute atomic E-state index is 0.0141. The molecule has 4 heteroatoms. The van der Waals surface area contributed by atoms with Gasteiger partial charge in [0.25, 0.3) is 0 Å². The Morgan fingerprint density at radius 2 is 2.11 bits per heavy atom. The summed E-state index contributed by atoms with van der Waals surface area (Å²) in [6.07, 6.45) is 2.14. The molecule has 1 unspecified atom stereocenters. The van der Waals surface area contributed by atoms with E-state index in [0.717, 1.165) is 23.6 Å². The number of ketones is 1. The van der Waals surface area contributed by atoms with Gasteiger partial charge in [-0.15, -0.1) is 0 Å². The smallest absolute Gasteiger partial charge is 0.177 e. The van der Waals surface area contributed by atoms with E-state index < -0.39 is 0 Å². The Kier molecular flexibility index (Phi) is 4.20. The van der Waals surface area contributed by atoms with Crippen LogP contribution in [0, 0.1) is 11.8 Å².